The largest absolute Gasteiger partial charge is 0.387 e. The number of ether oxygens (including phenoxy) is 2. The number of nitrogens with zero attached hydrogens (tertiary/aromatic N) is 7. The highest BCUT2D eigenvalue weighted by molar-refractivity contribution is 7.40. The first-order valence-corrected chi connectivity index (χ1v) is 14.7. The second-order valence-electron chi connectivity index (χ2n) is 9.56. The van der Waals surface area contributed by atoms with Crippen LogP contribution in [0.1, 0.15) is 18.9 Å². The van der Waals surface area contributed by atoms with Gasteiger partial charge in [-0.05, 0) is 0 Å². The van der Waals surface area contributed by atoms with Crippen molar-refractivity contribution < 1.29 is 42.5 Å². The zero-order chi connectivity index (χ0) is 29.1. The third kappa shape index (κ3) is 4.89. The second-order valence-corrected chi connectivity index (χ2v) is 11.4. The number of imidazole rings is 2. The van der Waals surface area contributed by atoms with E-state index in [1.807, 2.05) is 0 Å². The quantitative estimate of drug-likeness (QED) is 0.144. The number of nitrogens with one attached hydrogen (secondary N) is 1. The minimum atomic E-state index is -2.60. The fourth-order valence-corrected chi connectivity index (χ4v) is 6.65. The number of anilines is 2. The summed E-state index contributed by atoms with van der Waals surface area (Å²) in [6.45, 7) is -0.522. The zero-order valence-electron chi connectivity index (χ0n) is 21.3. The van der Waals surface area contributed by atoms with E-state index in [4.69, 9.17) is 39.0 Å². The Kier molecular flexibility index (Phi) is 7.24. The van der Waals surface area contributed by atoms with Crippen LogP contribution in [0.15, 0.2) is 23.8 Å². The van der Waals surface area contributed by atoms with Crippen molar-refractivity contribution in [1.82, 2.24) is 39.0 Å². The first-order chi connectivity index (χ1) is 20.3. The topological polar surface area (TPSA) is 275 Å². The Morgan fingerprint density at radius 1 is 0.905 bits per heavy atom. The van der Waals surface area contributed by atoms with Gasteiger partial charge in [0.2, 0.25) is 5.95 Å². The number of hydrogen-bond donors (Lipinski definition) is 6. The molecule has 4 aromatic rings. The molecule has 0 aliphatic carbocycles. The van der Waals surface area contributed by atoms with Gasteiger partial charge < -0.3 is 53.9 Å². The Balaban J connectivity index is 1.13. The molecule has 9 atom stereocenters. The van der Waals surface area contributed by atoms with Crippen LogP contribution in [0.2, 0.25) is 0 Å². The molecule has 8 N–H and O–H groups in total. The van der Waals surface area contributed by atoms with Gasteiger partial charge in [-0.1, -0.05) is 0 Å². The first kappa shape index (κ1) is 27.8. The summed E-state index contributed by atoms with van der Waals surface area (Å²) in [6, 6.07) is 0. The monoisotopic (exact) mass is 626 g/mol. The van der Waals surface area contributed by atoms with E-state index in [9.17, 15) is 19.7 Å². The van der Waals surface area contributed by atoms with Gasteiger partial charge in [-0.3, -0.25) is 18.9 Å². The summed E-state index contributed by atoms with van der Waals surface area (Å²) in [5.74, 6) is 0.0495. The molecule has 224 valence electrons. The highest BCUT2D eigenvalue weighted by Crippen LogP contribution is 2.47. The standard InChI is InChI=1S/C20H24N10O10P2/c21-15-11-16(24-4-23-15)29(5-25-11)10-1-7-8(37-10)2-35-42(34)40-14-13(31)9(3-36-41(33)39-7)38-19(14)30-6-26-12-17(30)27-20(22)28-18(12)32/h4-10,13-14,19,31,33-34H,1-3H2,(H2,21,23,24)(H3,22,27,28,32)/t7-,8+,9+,10+,13+,14+,19+,41?,42?/m0/s1. The summed E-state index contributed by atoms with van der Waals surface area (Å²) in [5.41, 5.74) is 11.9. The third-order valence-electron chi connectivity index (χ3n) is 7.05. The molecule has 0 saturated carbocycles. The number of aliphatic hydroxyl groups is 1. The molecule has 3 saturated heterocycles. The van der Waals surface area contributed by atoms with Crippen molar-refractivity contribution in [1.29, 1.82) is 0 Å². The molecule has 3 aliphatic heterocycles. The van der Waals surface area contributed by atoms with E-state index in [0.717, 1.165) is 0 Å². The van der Waals surface area contributed by atoms with Crippen molar-refractivity contribution in [3.05, 3.63) is 29.3 Å². The minimum absolute atomic E-state index is 0.0243. The van der Waals surface area contributed by atoms with E-state index >= 15 is 0 Å². The number of aromatic amines is 1. The minimum Gasteiger partial charge on any atom is -0.387 e. The molecule has 0 amide bonds. The number of fused-ring (bicyclic) bond motifs is 5. The summed E-state index contributed by atoms with van der Waals surface area (Å²) in [7, 11) is -5.07. The van der Waals surface area contributed by atoms with Gasteiger partial charge in [0, 0.05) is 6.42 Å². The highest BCUT2D eigenvalue weighted by atomic mass is 31.2. The first-order valence-electron chi connectivity index (χ1n) is 12.5. The van der Waals surface area contributed by atoms with Gasteiger partial charge in [-0.15, -0.1) is 0 Å². The average molecular weight is 626 g/mol. The van der Waals surface area contributed by atoms with Crippen molar-refractivity contribution in [2.45, 2.75) is 49.4 Å². The number of aromatic nitrogens is 8. The van der Waals surface area contributed by atoms with E-state index in [2.05, 4.69) is 29.9 Å². The van der Waals surface area contributed by atoms with E-state index < -0.39 is 65.7 Å². The molecular formula is C20H24N10O10P2. The summed E-state index contributed by atoms with van der Waals surface area (Å²) >= 11 is 0. The van der Waals surface area contributed by atoms with Crippen molar-refractivity contribution in [2.24, 2.45) is 0 Å². The molecule has 0 spiro atoms. The summed E-state index contributed by atoms with van der Waals surface area (Å²) < 4.78 is 37.7. The van der Waals surface area contributed by atoms with Gasteiger partial charge >= 0.3 is 17.2 Å². The lowest BCUT2D eigenvalue weighted by Crippen LogP contribution is -2.35. The van der Waals surface area contributed by atoms with Gasteiger partial charge in [0.15, 0.2) is 28.9 Å². The van der Waals surface area contributed by atoms with Gasteiger partial charge in [0.25, 0.3) is 5.56 Å². The molecule has 4 aromatic heterocycles. The number of nitrogen functional groups attached to an aromatic ring is 2. The smallest absolute Gasteiger partial charge is 0.330 e. The molecule has 20 nitrogen and oxygen atoms in total. The predicted molar refractivity (Wildman–Crippen MR) is 141 cm³/mol. The van der Waals surface area contributed by atoms with E-state index in [0.29, 0.717) is 11.2 Å². The summed E-state index contributed by atoms with van der Waals surface area (Å²) in [6.07, 6.45) is -2.58. The van der Waals surface area contributed by atoms with Crippen molar-refractivity contribution in [2.75, 3.05) is 24.7 Å². The van der Waals surface area contributed by atoms with E-state index in [1.54, 1.807) is 4.57 Å². The van der Waals surface area contributed by atoms with Crippen LogP contribution in [0.25, 0.3) is 22.3 Å². The van der Waals surface area contributed by atoms with E-state index in [-0.39, 0.29) is 42.6 Å². The fourth-order valence-electron chi connectivity index (χ4n) is 5.09. The lowest BCUT2D eigenvalue weighted by atomic mass is 10.1. The van der Waals surface area contributed by atoms with Gasteiger partial charge in [-0.25, -0.2) is 19.9 Å². The molecule has 3 aliphatic rings. The molecule has 2 unspecified atom stereocenters. The maximum Gasteiger partial charge on any atom is 0.330 e. The van der Waals surface area contributed by atoms with Crippen molar-refractivity contribution >= 4 is 51.3 Å². The molecule has 2 bridgehead atoms. The van der Waals surface area contributed by atoms with Crippen LogP contribution in [0.3, 0.4) is 0 Å². The van der Waals surface area contributed by atoms with Crippen LogP contribution < -0.4 is 17.0 Å². The molecule has 42 heavy (non-hydrogen) atoms. The molecule has 0 aromatic carbocycles. The molecule has 7 heterocycles. The molecular weight excluding hydrogens is 602 g/mol. The van der Waals surface area contributed by atoms with Gasteiger partial charge in [0.05, 0.1) is 32.0 Å². The Hall–Kier alpha value is -3.00. The highest BCUT2D eigenvalue weighted by Gasteiger charge is 2.49. The number of rotatable bonds is 2. The van der Waals surface area contributed by atoms with Crippen LogP contribution in [-0.4, -0.2) is 97.7 Å². The molecule has 3 fully saturated rings. The number of H-pyrrole nitrogens is 1. The average Bonchev–Trinajstić information content (AvgIpc) is 3.72. The fraction of sp³-hybridized carbons (Fsp3) is 0.500. The molecule has 0 radical (unpaired) electrons. The number of aliphatic hydroxyl groups excluding tert-OH is 1. The number of hydrogen-bond acceptors (Lipinski definition) is 17. The van der Waals surface area contributed by atoms with Gasteiger partial charge in [-0.2, -0.15) is 4.98 Å². The predicted octanol–water partition coefficient (Wildman–Crippen LogP) is -1.07. The Morgan fingerprint density at radius 3 is 2.48 bits per heavy atom. The number of nitrogens with two attached hydrogens (primary N) is 2. The Morgan fingerprint density at radius 2 is 1.64 bits per heavy atom. The van der Waals surface area contributed by atoms with Crippen LogP contribution in [0, 0.1) is 0 Å². The van der Waals surface area contributed by atoms with Crippen LogP contribution in [0.5, 0.6) is 0 Å². The van der Waals surface area contributed by atoms with Crippen molar-refractivity contribution in [3.8, 4) is 0 Å². The third-order valence-corrected chi connectivity index (χ3v) is 8.67. The lowest BCUT2D eigenvalue weighted by molar-refractivity contribution is -0.0594. The molecule has 7 rings (SSSR count). The van der Waals surface area contributed by atoms with Crippen molar-refractivity contribution in [3.63, 3.8) is 0 Å². The molecule has 22 heteroatoms. The Labute approximate surface area is 236 Å². The van der Waals surface area contributed by atoms with Crippen LogP contribution >= 0.6 is 17.2 Å². The SMILES string of the molecule is Nc1nc2c(ncn2[C@@H]2O[C@@H]3COP(O)O[C@H]4C[C@H](n5cnc6c(N)ncnc65)O[C@@H]4COP(O)O[C@@H]2[C@@H]3O)c(=O)[nH]1. The maximum atomic E-state index is 12.3. The van der Waals surface area contributed by atoms with E-state index in [1.165, 1.54) is 23.5 Å². The van der Waals surface area contributed by atoms with Gasteiger partial charge in [0.1, 0.15) is 42.5 Å². The second kappa shape index (κ2) is 10.9. The summed E-state index contributed by atoms with van der Waals surface area (Å²) in [4.78, 5) is 56.6. The Bertz CT molecular complexity index is 1670. The summed E-state index contributed by atoms with van der Waals surface area (Å²) in [5, 5.41) is 11.0. The zero-order valence-corrected chi connectivity index (χ0v) is 23.1. The van der Waals surface area contributed by atoms with Crippen LogP contribution in [-0.2, 0) is 27.6 Å². The lowest BCUT2D eigenvalue weighted by Gasteiger charge is -2.25. The van der Waals surface area contributed by atoms with Crippen LogP contribution in [0.4, 0.5) is 11.8 Å². The maximum absolute atomic E-state index is 12.3. The normalized spacial score (nSPS) is 34.2.